The van der Waals surface area contributed by atoms with Crippen LogP contribution in [0.3, 0.4) is 0 Å². The number of piperidine rings is 1. The number of hydrogen-bond donors (Lipinski definition) is 0. The number of hydrogen-bond acceptors (Lipinski definition) is 4. The van der Waals surface area contributed by atoms with E-state index >= 15 is 0 Å². The fourth-order valence-corrected chi connectivity index (χ4v) is 2.62. The Hall–Kier alpha value is -2.56. The number of likely N-dealkylation sites (tertiary alicyclic amines) is 1. The third kappa shape index (κ3) is 4.45. The second-order valence-electron chi connectivity index (χ2n) is 5.55. The zero-order valence-corrected chi connectivity index (χ0v) is 12.9. The average molecular weight is 312 g/mol. The zero-order valence-electron chi connectivity index (χ0n) is 12.9. The largest absolute Gasteiger partial charge is 0.488 e. The summed E-state index contributed by atoms with van der Waals surface area (Å²) < 4.78 is 11.3. The summed E-state index contributed by atoms with van der Waals surface area (Å²) in [6.07, 6.45) is 4.96. The quantitative estimate of drug-likeness (QED) is 0.869. The van der Waals surface area contributed by atoms with Gasteiger partial charge in [0.05, 0.1) is 6.54 Å². The van der Waals surface area contributed by atoms with E-state index in [1.165, 1.54) is 0 Å². The van der Waals surface area contributed by atoms with E-state index in [0.29, 0.717) is 19.7 Å². The molecule has 0 radical (unpaired) electrons. The van der Waals surface area contributed by atoms with Crippen LogP contribution in [0.15, 0.2) is 54.9 Å². The van der Waals surface area contributed by atoms with Gasteiger partial charge in [0, 0.05) is 18.9 Å². The first kappa shape index (κ1) is 15.3. The molecule has 1 atom stereocenters. The highest BCUT2D eigenvalue weighted by Crippen LogP contribution is 2.18. The fourth-order valence-electron chi connectivity index (χ4n) is 2.62. The lowest BCUT2D eigenvalue weighted by Crippen LogP contribution is -2.44. The van der Waals surface area contributed by atoms with Crippen LogP contribution in [0.2, 0.25) is 0 Å². The van der Waals surface area contributed by atoms with Crippen molar-refractivity contribution in [2.45, 2.75) is 25.6 Å². The van der Waals surface area contributed by atoms with Crippen molar-refractivity contribution in [2.24, 2.45) is 0 Å². The maximum Gasteiger partial charge on any atom is 0.410 e. The van der Waals surface area contributed by atoms with Crippen LogP contribution in [0.5, 0.6) is 5.75 Å². The standard InChI is InChI=1S/C18H20N2O3/c21-18(22-14-15-5-2-1-3-6-15)20-12-4-7-17(13-20)23-16-8-10-19-11-9-16/h1-3,5-6,8-11,17H,4,7,12-14H2. The number of carbonyl (C=O) groups is 1. The van der Waals surface area contributed by atoms with Gasteiger partial charge in [0.2, 0.25) is 0 Å². The summed E-state index contributed by atoms with van der Waals surface area (Å²) in [7, 11) is 0. The number of nitrogens with zero attached hydrogens (tertiary/aromatic N) is 2. The minimum Gasteiger partial charge on any atom is -0.488 e. The number of benzene rings is 1. The molecular formula is C18H20N2O3. The van der Waals surface area contributed by atoms with Crippen LogP contribution in [0, 0.1) is 0 Å². The number of carbonyl (C=O) groups excluding carboxylic acids is 1. The molecule has 1 saturated heterocycles. The van der Waals surface area contributed by atoms with Gasteiger partial charge in [-0.2, -0.15) is 0 Å². The van der Waals surface area contributed by atoms with Crippen molar-refractivity contribution >= 4 is 6.09 Å². The lowest BCUT2D eigenvalue weighted by atomic mass is 10.1. The van der Waals surface area contributed by atoms with Crippen LogP contribution >= 0.6 is 0 Å². The molecule has 1 fully saturated rings. The molecule has 1 aliphatic rings. The molecule has 5 nitrogen and oxygen atoms in total. The maximum atomic E-state index is 12.2. The van der Waals surface area contributed by atoms with Crippen LogP contribution < -0.4 is 4.74 Å². The SMILES string of the molecule is O=C(OCc1ccccc1)N1CCCC(Oc2ccncc2)C1. The Morgan fingerprint density at radius 1 is 1.17 bits per heavy atom. The molecule has 1 aromatic heterocycles. The van der Waals surface area contributed by atoms with E-state index in [1.807, 2.05) is 42.5 Å². The molecule has 1 aliphatic heterocycles. The Kier molecular flexibility index (Phi) is 5.09. The Morgan fingerprint density at radius 3 is 2.74 bits per heavy atom. The average Bonchev–Trinajstić information content (AvgIpc) is 2.62. The molecule has 3 rings (SSSR count). The summed E-state index contributed by atoms with van der Waals surface area (Å²) in [5, 5.41) is 0. The van der Waals surface area contributed by atoms with Gasteiger partial charge in [0.15, 0.2) is 0 Å². The summed E-state index contributed by atoms with van der Waals surface area (Å²) >= 11 is 0. The first-order chi connectivity index (χ1) is 11.3. The maximum absolute atomic E-state index is 12.2. The highest BCUT2D eigenvalue weighted by Gasteiger charge is 2.25. The van der Waals surface area contributed by atoms with Crippen molar-refractivity contribution in [1.82, 2.24) is 9.88 Å². The van der Waals surface area contributed by atoms with Gasteiger partial charge in [-0.3, -0.25) is 4.98 Å². The van der Waals surface area contributed by atoms with E-state index in [9.17, 15) is 4.79 Å². The molecule has 120 valence electrons. The first-order valence-electron chi connectivity index (χ1n) is 7.83. The van der Waals surface area contributed by atoms with Gasteiger partial charge in [0.25, 0.3) is 0 Å². The molecule has 0 bridgehead atoms. The van der Waals surface area contributed by atoms with Gasteiger partial charge < -0.3 is 14.4 Å². The molecule has 0 N–H and O–H groups in total. The second kappa shape index (κ2) is 7.63. The monoisotopic (exact) mass is 312 g/mol. The molecule has 0 spiro atoms. The van der Waals surface area contributed by atoms with Crippen molar-refractivity contribution in [1.29, 1.82) is 0 Å². The molecule has 1 amide bonds. The zero-order chi connectivity index (χ0) is 15.9. The van der Waals surface area contributed by atoms with E-state index in [4.69, 9.17) is 9.47 Å². The predicted molar refractivity (Wildman–Crippen MR) is 86.1 cm³/mol. The minimum absolute atomic E-state index is 0.00424. The van der Waals surface area contributed by atoms with Gasteiger partial charge in [-0.15, -0.1) is 0 Å². The molecule has 2 aromatic rings. The lowest BCUT2D eigenvalue weighted by molar-refractivity contribution is 0.0551. The summed E-state index contributed by atoms with van der Waals surface area (Å²) in [5.41, 5.74) is 0.988. The normalized spacial score (nSPS) is 17.6. The predicted octanol–water partition coefficient (Wildman–Crippen LogP) is 3.26. The van der Waals surface area contributed by atoms with Crippen LogP contribution in [0.1, 0.15) is 18.4 Å². The summed E-state index contributed by atoms with van der Waals surface area (Å²) in [5.74, 6) is 0.782. The molecule has 0 saturated carbocycles. The molecule has 1 unspecified atom stereocenters. The van der Waals surface area contributed by atoms with Crippen LogP contribution in [0.4, 0.5) is 4.79 Å². The van der Waals surface area contributed by atoms with Gasteiger partial charge >= 0.3 is 6.09 Å². The Morgan fingerprint density at radius 2 is 1.96 bits per heavy atom. The van der Waals surface area contributed by atoms with E-state index in [0.717, 1.165) is 24.2 Å². The Labute approximate surface area is 135 Å². The molecule has 2 heterocycles. The molecule has 23 heavy (non-hydrogen) atoms. The first-order valence-corrected chi connectivity index (χ1v) is 7.83. The van der Waals surface area contributed by atoms with E-state index in [2.05, 4.69) is 4.98 Å². The third-order valence-electron chi connectivity index (χ3n) is 3.79. The van der Waals surface area contributed by atoms with Crippen molar-refractivity contribution in [3.8, 4) is 5.75 Å². The van der Waals surface area contributed by atoms with Crippen molar-refractivity contribution in [2.75, 3.05) is 13.1 Å². The van der Waals surface area contributed by atoms with Gasteiger partial charge in [0.1, 0.15) is 18.5 Å². The van der Waals surface area contributed by atoms with Crippen LogP contribution in [-0.2, 0) is 11.3 Å². The van der Waals surface area contributed by atoms with Crippen LogP contribution in [0.25, 0.3) is 0 Å². The highest BCUT2D eigenvalue weighted by atomic mass is 16.6. The van der Waals surface area contributed by atoms with Gasteiger partial charge in [-0.05, 0) is 30.5 Å². The van der Waals surface area contributed by atoms with Crippen molar-refractivity contribution in [3.05, 3.63) is 60.4 Å². The van der Waals surface area contributed by atoms with Crippen LogP contribution in [-0.4, -0.2) is 35.2 Å². The summed E-state index contributed by atoms with van der Waals surface area (Å²) in [6, 6.07) is 13.3. The summed E-state index contributed by atoms with van der Waals surface area (Å²) in [4.78, 5) is 17.9. The molecule has 5 heteroatoms. The fraction of sp³-hybridized carbons (Fsp3) is 0.333. The van der Waals surface area contributed by atoms with Crippen molar-refractivity contribution < 1.29 is 14.3 Å². The number of amides is 1. The number of pyridine rings is 1. The second-order valence-corrected chi connectivity index (χ2v) is 5.55. The van der Waals surface area contributed by atoms with Crippen molar-refractivity contribution in [3.63, 3.8) is 0 Å². The molecule has 1 aromatic carbocycles. The lowest BCUT2D eigenvalue weighted by Gasteiger charge is -2.32. The topological polar surface area (TPSA) is 51.7 Å². The smallest absolute Gasteiger partial charge is 0.410 e. The van der Waals surface area contributed by atoms with Gasteiger partial charge in [-0.1, -0.05) is 30.3 Å². The number of aromatic nitrogens is 1. The molecule has 0 aliphatic carbocycles. The molecular weight excluding hydrogens is 292 g/mol. The Balaban J connectivity index is 1.50. The highest BCUT2D eigenvalue weighted by molar-refractivity contribution is 5.67. The Bertz CT molecular complexity index is 619. The van der Waals surface area contributed by atoms with E-state index < -0.39 is 0 Å². The van der Waals surface area contributed by atoms with E-state index in [-0.39, 0.29) is 12.2 Å². The number of ether oxygens (including phenoxy) is 2. The van der Waals surface area contributed by atoms with Gasteiger partial charge in [-0.25, -0.2) is 4.79 Å². The number of rotatable bonds is 4. The third-order valence-corrected chi connectivity index (χ3v) is 3.79. The summed E-state index contributed by atoms with van der Waals surface area (Å²) in [6.45, 7) is 1.56. The minimum atomic E-state index is -0.281. The van der Waals surface area contributed by atoms with E-state index in [1.54, 1.807) is 17.3 Å².